The van der Waals surface area contributed by atoms with Gasteiger partial charge in [0.05, 0.1) is 6.04 Å². The molecular formula is C41H66N10O15. The number of phenols is 1. The minimum atomic E-state index is -1.76. The summed E-state index contributed by atoms with van der Waals surface area (Å²) in [5.74, 6) is -12.8. The maximum absolute atomic E-state index is 13.9. The molecule has 0 heterocycles. The second kappa shape index (κ2) is 29.2. The molecule has 0 aliphatic heterocycles. The highest BCUT2D eigenvalue weighted by molar-refractivity contribution is 5.97. The van der Waals surface area contributed by atoms with Crippen LogP contribution in [0.1, 0.15) is 91.0 Å². The number of carbonyl (C=O) groups excluding carboxylic acids is 6. The van der Waals surface area contributed by atoms with E-state index in [1.807, 2.05) is 0 Å². The first-order valence-electron chi connectivity index (χ1n) is 21.3. The van der Waals surface area contributed by atoms with Crippen molar-refractivity contribution in [1.29, 1.82) is 0 Å². The number of nitrogens with one attached hydrogen (secondary N) is 7. The van der Waals surface area contributed by atoms with Gasteiger partial charge in [0.2, 0.25) is 35.4 Å². The molecule has 18 N–H and O–H groups in total. The molecule has 8 unspecified atom stereocenters. The van der Waals surface area contributed by atoms with Crippen LogP contribution in [-0.2, 0) is 54.4 Å². The van der Waals surface area contributed by atoms with Crippen LogP contribution in [0.5, 0.6) is 5.75 Å². The van der Waals surface area contributed by atoms with Crippen molar-refractivity contribution in [3.8, 4) is 5.75 Å². The van der Waals surface area contributed by atoms with Gasteiger partial charge in [0.1, 0.15) is 48.3 Å². The first kappa shape index (κ1) is 57.6. The van der Waals surface area contributed by atoms with E-state index in [4.69, 9.17) is 17.2 Å². The van der Waals surface area contributed by atoms with Gasteiger partial charge in [-0.15, -0.1) is 0 Å². The predicted molar refractivity (Wildman–Crippen MR) is 233 cm³/mol. The molecule has 0 aliphatic carbocycles. The Balaban J connectivity index is 3.45. The fourth-order valence-corrected chi connectivity index (χ4v) is 6.24. The van der Waals surface area contributed by atoms with Crippen molar-refractivity contribution in [2.24, 2.45) is 29.0 Å². The average molecular weight is 939 g/mol. The number of hydrogen-bond donors (Lipinski definition) is 15. The Hall–Kier alpha value is -6.44. The van der Waals surface area contributed by atoms with Gasteiger partial charge in [0.15, 0.2) is 0 Å². The lowest BCUT2D eigenvalue weighted by molar-refractivity contribution is -0.144. The van der Waals surface area contributed by atoms with Crippen molar-refractivity contribution in [3.05, 3.63) is 29.8 Å². The highest BCUT2D eigenvalue weighted by Gasteiger charge is 2.36. The summed E-state index contributed by atoms with van der Waals surface area (Å²) >= 11 is 0. The number of amides is 6. The van der Waals surface area contributed by atoms with Crippen LogP contribution >= 0.6 is 0 Å². The Labute approximate surface area is 381 Å². The van der Waals surface area contributed by atoms with Gasteiger partial charge in [-0.2, -0.15) is 0 Å². The number of benzene rings is 1. The van der Waals surface area contributed by atoms with Gasteiger partial charge in [-0.25, -0.2) is 4.79 Å². The number of hydrogen-bond acceptors (Lipinski definition) is 15. The minimum Gasteiger partial charge on any atom is -0.508 e. The van der Waals surface area contributed by atoms with Crippen molar-refractivity contribution in [3.63, 3.8) is 0 Å². The van der Waals surface area contributed by atoms with Crippen LogP contribution in [0.2, 0.25) is 0 Å². The number of aromatic hydroxyl groups is 1. The Morgan fingerprint density at radius 1 is 0.545 bits per heavy atom. The molecule has 0 bridgehead atoms. The predicted octanol–water partition coefficient (Wildman–Crippen LogP) is -2.88. The number of carboxylic acid groups (broad SMARTS) is 4. The van der Waals surface area contributed by atoms with E-state index in [9.17, 15) is 73.5 Å². The third kappa shape index (κ3) is 22.0. The largest absolute Gasteiger partial charge is 0.508 e. The van der Waals surface area contributed by atoms with Crippen molar-refractivity contribution < 1.29 is 73.5 Å². The molecule has 0 saturated carbocycles. The van der Waals surface area contributed by atoms with Crippen LogP contribution in [0.15, 0.2) is 24.3 Å². The fraction of sp³-hybridized carbons (Fsp3) is 0.610. The van der Waals surface area contributed by atoms with Crippen molar-refractivity contribution in [1.82, 2.24) is 37.2 Å². The van der Waals surface area contributed by atoms with Gasteiger partial charge in [-0.1, -0.05) is 46.2 Å². The molecule has 370 valence electrons. The standard InChI is InChI=1S/C41H66N10O15/c1-5-21(4)33(39(64)49-25(7-6-18-45-41(43)44)37(62)50-32(20(2)3)40(65)66)51-38(63)28(14-17-31(57)58)48-36(61)27(13-16-30(55)56)47-35(60)26(12-15-29(53)54)46-34(59)24(42)19-22-8-10-23(52)11-9-22/h8-11,20-21,24-28,32-33,41,45,52H,5-7,12-19,42-44H2,1-4H3,(H,46,59)(H,47,60)(H,48,61)(H,49,64)(H,50,62)(H,51,63)(H,53,54)(H,55,56)(H,57,58)(H,65,66). The molecule has 25 nitrogen and oxygen atoms in total. The van der Waals surface area contributed by atoms with E-state index in [0.717, 1.165) is 0 Å². The maximum atomic E-state index is 13.9. The zero-order valence-corrected chi connectivity index (χ0v) is 37.4. The van der Waals surface area contributed by atoms with E-state index in [0.29, 0.717) is 5.56 Å². The molecule has 0 aromatic heterocycles. The fourth-order valence-electron chi connectivity index (χ4n) is 6.24. The van der Waals surface area contributed by atoms with E-state index in [-0.39, 0.29) is 38.0 Å². The van der Waals surface area contributed by atoms with Gasteiger partial charge in [0.25, 0.3) is 0 Å². The van der Waals surface area contributed by atoms with Crippen LogP contribution < -0.4 is 54.4 Å². The molecule has 0 spiro atoms. The number of phenolic OH excluding ortho intramolecular Hbond substituents is 1. The van der Waals surface area contributed by atoms with Crippen LogP contribution in [-0.4, -0.2) is 140 Å². The summed E-state index contributed by atoms with van der Waals surface area (Å²) in [6.45, 7) is 6.58. The van der Waals surface area contributed by atoms with Gasteiger partial charge in [0, 0.05) is 19.3 Å². The number of rotatable bonds is 32. The highest BCUT2D eigenvalue weighted by atomic mass is 16.4. The van der Waals surface area contributed by atoms with Crippen molar-refractivity contribution >= 4 is 59.3 Å². The first-order valence-corrected chi connectivity index (χ1v) is 21.3. The molecule has 1 aromatic carbocycles. The SMILES string of the molecule is CCC(C)C(NC(=O)C(CCC(=O)O)NC(=O)C(CCC(=O)O)NC(=O)C(CCC(=O)O)NC(=O)C(N)Cc1ccc(O)cc1)C(=O)NC(CCCNC(N)N)C(=O)NC(C(=O)O)C(C)C. The molecule has 0 aliphatic rings. The molecule has 8 atom stereocenters. The molecular weight excluding hydrogens is 873 g/mol. The van der Waals surface area contributed by atoms with Gasteiger partial charge in [-0.3, -0.25) is 48.5 Å². The van der Waals surface area contributed by atoms with Crippen molar-refractivity contribution in [2.45, 2.75) is 140 Å². The second-order valence-electron chi connectivity index (χ2n) is 16.1. The normalized spacial score (nSPS) is 14.8. The molecule has 66 heavy (non-hydrogen) atoms. The molecule has 0 radical (unpaired) electrons. The number of carboxylic acids is 4. The quantitative estimate of drug-likeness (QED) is 0.0255. The Morgan fingerprint density at radius 2 is 0.939 bits per heavy atom. The minimum absolute atomic E-state index is 0.0429. The Morgan fingerprint density at radius 3 is 1.33 bits per heavy atom. The zero-order valence-electron chi connectivity index (χ0n) is 37.4. The molecule has 25 heteroatoms. The molecule has 0 fully saturated rings. The summed E-state index contributed by atoms with van der Waals surface area (Å²) < 4.78 is 0. The maximum Gasteiger partial charge on any atom is 0.326 e. The van der Waals surface area contributed by atoms with Crippen LogP contribution in [0.25, 0.3) is 0 Å². The van der Waals surface area contributed by atoms with E-state index in [1.165, 1.54) is 24.3 Å². The average Bonchev–Trinajstić information content (AvgIpc) is 3.23. The Bertz CT molecular complexity index is 1830. The number of carbonyl (C=O) groups is 10. The summed E-state index contributed by atoms with van der Waals surface area (Å²) in [6.07, 6.45) is -4.29. The summed E-state index contributed by atoms with van der Waals surface area (Å²) in [5.41, 5.74) is 17.6. The van der Waals surface area contributed by atoms with Gasteiger partial charge >= 0.3 is 23.9 Å². The van der Waals surface area contributed by atoms with Crippen LogP contribution in [0.3, 0.4) is 0 Å². The van der Waals surface area contributed by atoms with E-state index in [2.05, 4.69) is 37.2 Å². The molecule has 0 saturated heterocycles. The zero-order chi connectivity index (χ0) is 50.3. The summed E-state index contributed by atoms with van der Waals surface area (Å²) in [4.78, 5) is 128. The topological polar surface area (TPSA) is 434 Å². The summed E-state index contributed by atoms with van der Waals surface area (Å²) in [5, 5.41) is 64.6. The lowest BCUT2D eigenvalue weighted by Crippen LogP contribution is -2.61. The van der Waals surface area contributed by atoms with E-state index in [1.54, 1.807) is 27.7 Å². The summed E-state index contributed by atoms with van der Waals surface area (Å²) in [7, 11) is 0. The Kier molecular flexibility index (Phi) is 25.4. The third-order valence-electron chi connectivity index (χ3n) is 10.3. The lowest BCUT2D eigenvalue weighted by atomic mass is 9.96. The van der Waals surface area contributed by atoms with Gasteiger partial charge < -0.3 is 74.6 Å². The van der Waals surface area contributed by atoms with Crippen LogP contribution in [0.4, 0.5) is 0 Å². The van der Waals surface area contributed by atoms with Crippen LogP contribution in [0, 0.1) is 11.8 Å². The monoisotopic (exact) mass is 938 g/mol. The highest BCUT2D eigenvalue weighted by Crippen LogP contribution is 2.14. The summed E-state index contributed by atoms with van der Waals surface area (Å²) in [6, 6.07) is -4.76. The first-order chi connectivity index (χ1) is 30.9. The van der Waals surface area contributed by atoms with Crippen molar-refractivity contribution in [2.75, 3.05) is 6.54 Å². The second-order valence-corrected chi connectivity index (χ2v) is 16.1. The molecule has 1 aromatic rings. The molecule has 1 rings (SSSR count). The van der Waals surface area contributed by atoms with E-state index >= 15 is 0 Å². The van der Waals surface area contributed by atoms with Gasteiger partial charge in [-0.05, 0) is 74.6 Å². The molecule has 6 amide bonds. The lowest BCUT2D eigenvalue weighted by Gasteiger charge is -2.29. The smallest absolute Gasteiger partial charge is 0.326 e. The third-order valence-corrected chi connectivity index (χ3v) is 10.3. The van der Waals surface area contributed by atoms with E-state index < -0.39 is 158 Å². The number of aliphatic carboxylic acids is 4. The number of nitrogens with two attached hydrogens (primary N) is 3.